The Morgan fingerprint density at radius 3 is 2.15 bits per heavy atom. The van der Waals surface area contributed by atoms with E-state index in [1.54, 1.807) is 0 Å². The highest BCUT2D eigenvalue weighted by Crippen LogP contribution is 2.24. The van der Waals surface area contributed by atoms with E-state index in [1.165, 1.54) is 12.0 Å². The van der Waals surface area contributed by atoms with E-state index in [9.17, 15) is 9.59 Å². The third kappa shape index (κ3) is 5.08. The molecule has 6 nitrogen and oxygen atoms in total. The zero-order valence-electron chi connectivity index (χ0n) is 15.2. The fourth-order valence-corrected chi connectivity index (χ4v) is 3.07. The maximum absolute atomic E-state index is 12.5. The molecule has 1 fully saturated rings. The van der Waals surface area contributed by atoms with Crippen molar-refractivity contribution in [2.45, 2.75) is 31.8 Å². The Balaban J connectivity index is 1.59. The molecule has 2 aromatic carbocycles. The van der Waals surface area contributed by atoms with E-state index < -0.39 is 18.1 Å². The topological polar surface area (TPSA) is 65.1 Å². The summed E-state index contributed by atoms with van der Waals surface area (Å²) in [4.78, 5) is 26.0. The van der Waals surface area contributed by atoms with Gasteiger partial charge in [0.05, 0.1) is 26.4 Å². The average Bonchev–Trinajstić information content (AvgIpc) is 3.16. The molecule has 1 heterocycles. The summed E-state index contributed by atoms with van der Waals surface area (Å²) in [6, 6.07) is 18.5. The van der Waals surface area contributed by atoms with E-state index >= 15 is 0 Å². The number of hydrogen-bond acceptors (Lipinski definition) is 5. The fraction of sp³-hybridized carbons (Fsp3) is 0.333. The first-order valence-corrected chi connectivity index (χ1v) is 8.88. The smallest absolute Gasteiger partial charge is 0.410 e. The maximum Gasteiger partial charge on any atom is 0.410 e. The van der Waals surface area contributed by atoms with Crippen molar-refractivity contribution in [2.24, 2.45) is 0 Å². The van der Waals surface area contributed by atoms with Crippen molar-refractivity contribution in [3.8, 4) is 0 Å². The van der Waals surface area contributed by atoms with Crippen LogP contribution in [-0.2, 0) is 32.2 Å². The van der Waals surface area contributed by atoms with Crippen molar-refractivity contribution in [1.29, 1.82) is 0 Å². The Hall–Kier alpha value is -2.86. The van der Waals surface area contributed by atoms with Gasteiger partial charge in [-0.3, -0.25) is 4.90 Å². The SMILES string of the molecule is COC(=O)[C@H]1C[C@@H](OCc2ccccc2)CN1C(=O)OCc1ccccc1. The van der Waals surface area contributed by atoms with Crippen molar-refractivity contribution in [3.05, 3.63) is 71.8 Å². The largest absolute Gasteiger partial charge is 0.467 e. The van der Waals surface area contributed by atoms with Crippen molar-refractivity contribution >= 4 is 12.1 Å². The Bertz CT molecular complexity index is 750. The molecule has 0 radical (unpaired) electrons. The number of hydrogen-bond donors (Lipinski definition) is 0. The Labute approximate surface area is 158 Å². The number of benzene rings is 2. The number of carbonyl (C=O) groups excluding carboxylic acids is 2. The van der Waals surface area contributed by atoms with Crippen molar-refractivity contribution in [3.63, 3.8) is 0 Å². The molecule has 2 aromatic rings. The molecule has 1 saturated heterocycles. The Morgan fingerprint density at radius 1 is 0.963 bits per heavy atom. The van der Waals surface area contributed by atoms with Crippen LogP contribution in [0.2, 0.25) is 0 Å². The predicted molar refractivity (Wildman–Crippen MR) is 98.8 cm³/mol. The molecular formula is C21H23NO5. The van der Waals surface area contributed by atoms with Crippen LogP contribution in [0.5, 0.6) is 0 Å². The first-order valence-electron chi connectivity index (χ1n) is 8.88. The predicted octanol–water partition coefficient (Wildman–Crippen LogP) is 3.16. The van der Waals surface area contributed by atoms with Gasteiger partial charge < -0.3 is 14.2 Å². The minimum absolute atomic E-state index is 0.152. The van der Waals surface area contributed by atoms with Gasteiger partial charge in [-0.2, -0.15) is 0 Å². The summed E-state index contributed by atoms with van der Waals surface area (Å²) in [5.41, 5.74) is 1.92. The van der Waals surface area contributed by atoms with Gasteiger partial charge in [0.1, 0.15) is 12.6 Å². The van der Waals surface area contributed by atoms with Gasteiger partial charge in [0, 0.05) is 6.42 Å². The van der Waals surface area contributed by atoms with Crippen molar-refractivity contribution in [1.82, 2.24) is 4.90 Å². The lowest BCUT2D eigenvalue weighted by Crippen LogP contribution is -2.41. The van der Waals surface area contributed by atoms with Crippen LogP contribution in [-0.4, -0.2) is 42.8 Å². The van der Waals surface area contributed by atoms with Gasteiger partial charge in [0.25, 0.3) is 0 Å². The summed E-state index contributed by atoms with van der Waals surface area (Å²) >= 11 is 0. The van der Waals surface area contributed by atoms with Gasteiger partial charge in [-0.1, -0.05) is 60.7 Å². The third-order valence-electron chi connectivity index (χ3n) is 4.50. The van der Waals surface area contributed by atoms with Gasteiger partial charge in [0.15, 0.2) is 0 Å². The zero-order valence-corrected chi connectivity index (χ0v) is 15.2. The standard InChI is InChI=1S/C21H23NO5/c1-25-20(23)19-12-18(26-14-16-8-4-2-5-9-16)13-22(19)21(24)27-15-17-10-6-3-7-11-17/h2-11,18-19H,12-15H2,1H3/t18-,19-/m1/s1. The first kappa shape index (κ1) is 18.9. The third-order valence-corrected chi connectivity index (χ3v) is 4.50. The molecule has 0 unspecified atom stereocenters. The van der Waals surface area contributed by atoms with E-state index in [2.05, 4.69) is 0 Å². The summed E-state index contributed by atoms with van der Waals surface area (Å²) in [7, 11) is 1.31. The Morgan fingerprint density at radius 2 is 1.56 bits per heavy atom. The van der Waals surface area contributed by atoms with Crippen LogP contribution in [0.4, 0.5) is 4.79 Å². The summed E-state index contributed by atoms with van der Waals surface area (Å²) in [5, 5.41) is 0. The van der Waals surface area contributed by atoms with Crippen LogP contribution in [0.25, 0.3) is 0 Å². The van der Waals surface area contributed by atoms with E-state index in [4.69, 9.17) is 14.2 Å². The maximum atomic E-state index is 12.5. The van der Waals surface area contributed by atoms with Gasteiger partial charge in [-0.25, -0.2) is 9.59 Å². The molecule has 0 spiro atoms. The van der Waals surface area contributed by atoms with Crippen molar-refractivity contribution < 1.29 is 23.8 Å². The molecule has 1 aliphatic rings. The highest BCUT2D eigenvalue weighted by atomic mass is 16.6. The minimum atomic E-state index is -0.695. The zero-order chi connectivity index (χ0) is 19.1. The molecule has 1 aliphatic heterocycles. The van der Waals surface area contributed by atoms with E-state index in [1.807, 2.05) is 60.7 Å². The van der Waals surface area contributed by atoms with Gasteiger partial charge in [0.2, 0.25) is 0 Å². The lowest BCUT2D eigenvalue weighted by atomic mass is 10.2. The molecule has 0 aromatic heterocycles. The monoisotopic (exact) mass is 369 g/mol. The highest BCUT2D eigenvalue weighted by Gasteiger charge is 2.41. The van der Waals surface area contributed by atoms with Crippen LogP contribution in [0, 0.1) is 0 Å². The van der Waals surface area contributed by atoms with Crippen LogP contribution < -0.4 is 0 Å². The Kier molecular flexibility index (Phi) is 6.44. The average molecular weight is 369 g/mol. The first-order chi connectivity index (χ1) is 13.2. The number of ether oxygens (including phenoxy) is 3. The number of likely N-dealkylation sites (tertiary alicyclic amines) is 1. The minimum Gasteiger partial charge on any atom is -0.467 e. The lowest BCUT2D eigenvalue weighted by molar-refractivity contribution is -0.145. The second-order valence-corrected chi connectivity index (χ2v) is 6.39. The van der Waals surface area contributed by atoms with Gasteiger partial charge >= 0.3 is 12.1 Å². The van der Waals surface area contributed by atoms with Crippen molar-refractivity contribution in [2.75, 3.05) is 13.7 Å². The molecule has 3 rings (SSSR count). The van der Waals surface area contributed by atoms with Crippen LogP contribution in [0.3, 0.4) is 0 Å². The summed E-state index contributed by atoms with van der Waals surface area (Å²) in [5.74, 6) is -0.461. The fourth-order valence-electron chi connectivity index (χ4n) is 3.07. The molecule has 1 amide bonds. The molecule has 2 atom stereocenters. The summed E-state index contributed by atoms with van der Waals surface area (Å²) in [6.07, 6.45) is -0.404. The number of nitrogens with zero attached hydrogens (tertiary/aromatic N) is 1. The van der Waals surface area contributed by atoms with Crippen LogP contribution in [0.15, 0.2) is 60.7 Å². The lowest BCUT2D eigenvalue weighted by Gasteiger charge is -2.21. The number of amides is 1. The molecule has 6 heteroatoms. The molecule has 0 bridgehead atoms. The number of methoxy groups -OCH3 is 1. The normalized spacial score (nSPS) is 18.9. The van der Waals surface area contributed by atoms with Gasteiger partial charge in [-0.15, -0.1) is 0 Å². The molecule has 0 aliphatic carbocycles. The number of rotatable bonds is 6. The molecule has 0 N–H and O–H groups in total. The van der Waals surface area contributed by atoms with E-state index in [-0.39, 0.29) is 12.7 Å². The van der Waals surface area contributed by atoms with Gasteiger partial charge in [-0.05, 0) is 11.1 Å². The number of esters is 1. The van der Waals surface area contributed by atoms with E-state index in [0.29, 0.717) is 19.6 Å². The second kappa shape index (κ2) is 9.19. The summed E-state index contributed by atoms with van der Waals surface area (Å²) < 4.78 is 16.1. The van der Waals surface area contributed by atoms with Crippen LogP contribution >= 0.6 is 0 Å². The highest BCUT2D eigenvalue weighted by molar-refractivity contribution is 5.82. The summed E-state index contributed by atoms with van der Waals surface area (Å²) in [6.45, 7) is 0.867. The molecule has 142 valence electrons. The molecular weight excluding hydrogens is 346 g/mol. The van der Waals surface area contributed by atoms with E-state index in [0.717, 1.165) is 11.1 Å². The number of carbonyl (C=O) groups is 2. The molecule has 0 saturated carbocycles. The second-order valence-electron chi connectivity index (χ2n) is 6.39. The van der Waals surface area contributed by atoms with Crippen LogP contribution in [0.1, 0.15) is 17.5 Å². The quantitative estimate of drug-likeness (QED) is 0.732. The molecule has 27 heavy (non-hydrogen) atoms.